The van der Waals surface area contributed by atoms with Crippen LogP contribution in [0, 0.1) is 0 Å². The maximum absolute atomic E-state index is 12.5. The highest BCUT2D eigenvalue weighted by molar-refractivity contribution is 5.49. The number of benzene rings is 1. The number of hydrogen-bond donors (Lipinski definition) is 3. The molecular weight excluding hydrogens is 332 g/mol. The van der Waals surface area contributed by atoms with Gasteiger partial charge in [-0.1, -0.05) is 51.1 Å². The summed E-state index contributed by atoms with van der Waals surface area (Å²) in [5.74, 6) is 0. The van der Waals surface area contributed by atoms with E-state index < -0.39 is 11.1 Å². The van der Waals surface area contributed by atoms with Crippen LogP contribution in [0.1, 0.15) is 39.1 Å². The van der Waals surface area contributed by atoms with E-state index in [0.717, 1.165) is 11.3 Å². The molecule has 0 aliphatic heterocycles. The molecule has 0 amide bonds. The Labute approximate surface area is 150 Å². The first-order valence-corrected chi connectivity index (χ1v) is 7.92. The van der Waals surface area contributed by atoms with Crippen molar-refractivity contribution in [3.8, 4) is 0 Å². The van der Waals surface area contributed by atoms with Crippen LogP contribution in [0.2, 0.25) is 0 Å². The Morgan fingerprint density at radius 3 is 2.31 bits per heavy atom. The molecule has 136 valence electrons. The van der Waals surface area contributed by atoms with Crippen LogP contribution in [-0.2, 0) is 5.41 Å². The average molecular weight is 355 g/mol. The molecular formula is C19H22N4O3. The number of rotatable bonds is 2. The molecule has 0 radical (unpaired) electrons. The number of H-pyrrole nitrogens is 3. The molecule has 0 spiro atoms. The molecule has 3 rings (SSSR count). The smallest absolute Gasteiger partial charge is 0.272 e. The van der Waals surface area contributed by atoms with Gasteiger partial charge in [-0.3, -0.25) is 9.59 Å². The minimum atomic E-state index is -0.542. The van der Waals surface area contributed by atoms with Gasteiger partial charge in [-0.15, -0.1) is 0 Å². The van der Waals surface area contributed by atoms with Crippen LogP contribution in [0.25, 0.3) is 12.1 Å². The zero-order chi connectivity index (χ0) is 18.9. The molecule has 0 aliphatic rings. The second-order valence-electron chi connectivity index (χ2n) is 6.75. The van der Waals surface area contributed by atoms with Crippen molar-refractivity contribution in [2.75, 3.05) is 0 Å². The summed E-state index contributed by atoms with van der Waals surface area (Å²) >= 11 is 0. The fourth-order valence-corrected chi connectivity index (χ4v) is 2.46. The topological polar surface area (TPSA) is 126 Å². The fourth-order valence-electron chi connectivity index (χ4n) is 2.46. The Balaban J connectivity index is 0.00000261. The molecule has 0 saturated carbocycles. The van der Waals surface area contributed by atoms with Crippen molar-refractivity contribution in [1.82, 2.24) is 19.9 Å². The van der Waals surface area contributed by atoms with Gasteiger partial charge in [-0.05, 0) is 17.7 Å². The molecule has 7 heteroatoms. The Bertz CT molecular complexity index is 1170. The number of hydrogen-bond acceptors (Lipinski definition) is 3. The summed E-state index contributed by atoms with van der Waals surface area (Å²) in [4.78, 5) is 37.1. The van der Waals surface area contributed by atoms with Crippen LogP contribution in [-0.4, -0.2) is 25.4 Å². The number of imidazole rings is 1. The van der Waals surface area contributed by atoms with Gasteiger partial charge >= 0.3 is 0 Å². The zero-order valence-corrected chi connectivity index (χ0v) is 14.8. The molecule has 0 saturated heterocycles. The number of aromatic nitrogens is 4. The molecule has 0 fully saturated rings. The predicted molar refractivity (Wildman–Crippen MR) is 101 cm³/mol. The predicted octanol–water partition coefficient (Wildman–Crippen LogP) is -0.0833. The van der Waals surface area contributed by atoms with Gasteiger partial charge in [0.15, 0.2) is 0 Å². The second kappa shape index (κ2) is 7.37. The standard InChI is InChI=1S/C19H20N4O2.H2O/c1-19(2,3)16-13(20-11-21-16)10-15-18(25)22-14(17(24)23-15)9-12-7-5-4-6-8-12;/h4-11H,1-3H3,(H,20,21)(H,22,25)(H,23,24);1H2/i10D;. The summed E-state index contributed by atoms with van der Waals surface area (Å²) in [5.41, 5.74) is 0.562. The Kier molecular flexibility index (Phi) is 4.99. The van der Waals surface area contributed by atoms with Gasteiger partial charge in [-0.2, -0.15) is 0 Å². The number of nitrogens with zero attached hydrogens (tertiary/aromatic N) is 1. The minimum Gasteiger partial charge on any atom is -0.412 e. The molecule has 2 aromatic heterocycles. The lowest BCUT2D eigenvalue weighted by molar-refractivity contribution is 0.571. The van der Waals surface area contributed by atoms with Crippen LogP contribution >= 0.6 is 0 Å². The first-order chi connectivity index (χ1) is 12.3. The van der Waals surface area contributed by atoms with E-state index >= 15 is 0 Å². The highest BCUT2D eigenvalue weighted by Gasteiger charge is 2.19. The first-order valence-electron chi connectivity index (χ1n) is 8.42. The maximum Gasteiger partial charge on any atom is 0.272 e. The third kappa shape index (κ3) is 4.07. The molecule has 1 aromatic carbocycles. The van der Waals surface area contributed by atoms with Crippen molar-refractivity contribution in [3.05, 3.63) is 85.0 Å². The van der Waals surface area contributed by atoms with E-state index in [1.54, 1.807) is 6.08 Å². The molecule has 0 bridgehead atoms. The summed E-state index contributed by atoms with van der Waals surface area (Å²) < 4.78 is 8.35. The summed E-state index contributed by atoms with van der Waals surface area (Å²) in [6, 6.07) is 9.08. The summed E-state index contributed by atoms with van der Waals surface area (Å²) in [6.07, 6.45) is 3.07. The Morgan fingerprint density at radius 1 is 1.04 bits per heavy atom. The van der Waals surface area contributed by atoms with Gasteiger partial charge in [-0.25, -0.2) is 4.98 Å². The Morgan fingerprint density at radius 2 is 1.65 bits per heavy atom. The van der Waals surface area contributed by atoms with Crippen LogP contribution in [0.5, 0.6) is 0 Å². The van der Waals surface area contributed by atoms with Crippen molar-refractivity contribution in [2.24, 2.45) is 0 Å². The van der Waals surface area contributed by atoms with E-state index in [2.05, 4.69) is 19.9 Å². The van der Waals surface area contributed by atoms with Gasteiger partial charge in [0.1, 0.15) is 10.7 Å². The monoisotopic (exact) mass is 355 g/mol. The SMILES string of the molecule is O.[2H]C(c1nc[nH]c1C(C)(C)C)=c1[nH]c(=O)c(=Cc2ccccc2)[nH]c1=O. The highest BCUT2D eigenvalue weighted by atomic mass is 16.1. The largest absolute Gasteiger partial charge is 0.412 e. The van der Waals surface area contributed by atoms with E-state index in [-0.39, 0.29) is 27.6 Å². The van der Waals surface area contributed by atoms with E-state index in [0.29, 0.717) is 5.69 Å². The number of aromatic amines is 3. The van der Waals surface area contributed by atoms with Crippen LogP contribution in [0.15, 0.2) is 46.2 Å². The van der Waals surface area contributed by atoms with Crippen LogP contribution in [0.4, 0.5) is 0 Å². The van der Waals surface area contributed by atoms with Crippen molar-refractivity contribution >= 4 is 12.1 Å². The first kappa shape index (κ1) is 17.6. The molecule has 0 unspecified atom stereocenters. The third-order valence-electron chi connectivity index (χ3n) is 3.70. The lowest BCUT2D eigenvalue weighted by Crippen LogP contribution is -2.46. The average Bonchev–Trinajstić information content (AvgIpc) is 3.08. The fraction of sp³-hybridized carbons (Fsp3) is 0.211. The van der Waals surface area contributed by atoms with Crippen molar-refractivity contribution < 1.29 is 6.85 Å². The van der Waals surface area contributed by atoms with Gasteiger partial charge in [0.05, 0.1) is 13.4 Å². The lowest BCUT2D eigenvalue weighted by Gasteiger charge is -2.16. The summed E-state index contributed by atoms with van der Waals surface area (Å²) in [6.45, 7) is 5.92. The molecule has 2 heterocycles. The van der Waals surface area contributed by atoms with Crippen LogP contribution in [0.3, 0.4) is 0 Å². The van der Waals surface area contributed by atoms with Gasteiger partial charge in [0.2, 0.25) is 0 Å². The van der Waals surface area contributed by atoms with Gasteiger partial charge < -0.3 is 20.4 Å². The lowest BCUT2D eigenvalue weighted by atomic mass is 9.90. The van der Waals surface area contributed by atoms with Crippen molar-refractivity contribution in [1.29, 1.82) is 0 Å². The minimum absolute atomic E-state index is 0. The summed E-state index contributed by atoms with van der Waals surface area (Å²) in [7, 11) is 0. The molecule has 26 heavy (non-hydrogen) atoms. The third-order valence-corrected chi connectivity index (χ3v) is 3.70. The maximum atomic E-state index is 12.5. The van der Waals surface area contributed by atoms with E-state index in [9.17, 15) is 9.59 Å². The van der Waals surface area contributed by atoms with E-state index in [1.165, 1.54) is 6.33 Å². The molecule has 0 atom stereocenters. The number of nitrogens with one attached hydrogen (secondary N) is 3. The second-order valence-corrected chi connectivity index (χ2v) is 6.75. The zero-order valence-electron chi connectivity index (χ0n) is 15.8. The molecule has 3 aromatic rings. The van der Waals surface area contributed by atoms with Crippen molar-refractivity contribution in [2.45, 2.75) is 26.2 Å². The van der Waals surface area contributed by atoms with Gasteiger partial charge in [0.25, 0.3) is 11.1 Å². The molecule has 5 N–H and O–H groups in total. The Hall–Kier alpha value is -3.19. The van der Waals surface area contributed by atoms with E-state index in [4.69, 9.17) is 1.37 Å². The van der Waals surface area contributed by atoms with E-state index in [1.807, 2.05) is 51.1 Å². The highest BCUT2D eigenvalue weighted by Crippen LogP contribution is 2.22. The van der Waals surface area contributed by atoms with Crippen LogP contribution < -0.4 is 21.8 Å². The normalized spacial score (nSPS) is 13.8. The summed E-state index contributed by atoms with van der Waals surface area (Å²) in [5, 5.41) is 0.0219. The van der Waals surface area contributed by atoms with Gasteiger partial charge in [0, 0.05) is 11.1 Å². The molecule has 7 nitrogen and oxygen atoms in total. The molecule has 0 aliphatic carbocycles. The van der Waals surface area contributed by atoms with Crippen molar-refractivity contribution in [3.63, 3.8) is 0 Å². The quantitative estimate of drug-likeness (QED) is 0.595.